The highest BCUT2D eigenvalue weighted by atomic mass is 32.1. The zero-order valence-electron chi connectivity index (χ0n) is 25.2. The third-order valence-electron chi connectivity index (χ3n) is 6.51. The number of thiol groups is 1. The number of fused-ring (bicyclic) bond motifs is 1. The third-order valence-corrected chi connectivity index (χ3v) is 9.83. The Labute approximate surface area is 277 Å². The van der Waals surface area contributed by atoms with Gasteiger partial charge in [-0.15, -0.1) is 0 Å². The fourth-order valence-electron chi connectivity index (χ4n) is 4.14. The highest BCUT2D eigenvalue weighted by molar-refractivity contribution is 7.80. The molecule has 0 aromatic carbocycles. The van der Waals surface area contributed by atoms with Crippen molar-refractivity contribution >= 4 is 64.9 Å². The number of phosphoric ester groups is 3. The van der Waals surface area contributed by atoms with Gasteiger partial charge in [-0.1, -0.05) is 13.8 Å². The van der Waals surface area contributed by atoms with Crippen molar-refractivity contribution in [3.05, 3.63) is 12.7 Å². The zero-order chi connectivity index (χ0) is 36.1. The van der Waals surface area contributed by atoms with Gasteiger partial charge in [-0.05, 0) is 0 Å². The number of nitrogens with zero attached hydrogens (tertiary/aromatic N) is 4. The summed E-state index contributed by atoms with van der Waals surface area (Å²) in [5, 5.41) is 26.1. The van der Waals surface area contributed by atoms with Gasteiger partial charge >= 0.3 is 23.5 Å². The van der Waals surface area contributed by atoms with Crippen molar-refractivity contribution in [3.63, 3.8) is 0 Å². The Bertz CT molecular complexity index is 1590. The van der Waals surface area contributed by atoms with Crippen LogP contribution in [0, 0.1) is 5.41 Å². The molecule has 272 valence electrons. The molecule has 1 aliphatic heterocycles. The van der Waals surface area contributed by atoms with Gasteiger partial charge in [0.1, 0.15) is 36.3 Å². The van der Waals surface area contributed by atoms with Crippen molar-refractivity contribution in [2.24, 2.45) is 5.41 Å². The lowest BCUT2D eigenvalue weighted by Crippen LogP contribution is -2.46. The van der Waals surface area contributed by atoms with E-state index >= 15 is 0 Å². The summed E-state index contributed by atoms with van der Waals surface area (Å²) in [6.45, 7) is 0.723. The topological polar surface area (TPSA) is 347 Å². The highest BCUT2D eigenvalue weighted by Gasteiger charge is 2.50. The van der Waals surface area contributed by atoms with Crippen molar-refractivity contribution in [2.45, 2.75) is 50.9 Å². The standard InChI is InChI=1S/C21H36N7O16P3S/c1-21(2,16(31)19(32)24-4-3-12(29)23-5-6-48)8-41-47(38,39)44-46(36,37)40-7-11-15(43-45(33,34)35)14(30)20(42-11)28-10-27-13-17(22)25-9-26-18(13)28/h9-11,14-16,20,30-31,48H,3-8H2,1-2H3,(H,23,29)(H,24,32)(H,36,37)(H,38,39)(H2,22,25,26)(H2,33,34,35)/t11-,14-,15-,16-,20-/m0/s1. The number of hydrogen-bond donors (Lipinski definition) is 10. The number of carbonyl (C=O) groups excluding carboxylic acids is 2. The first-order valence-electron chi connectivity index (χ1n) is 13.7. The molecule has 2 amide bonds. The molecule has 0 radical (unpaired) electrons. The summed E-state index contributed by atoms with van der Waals surface area (Å²) < 4.78 is 61.7. The number of amides is 2. The molecule has 3 heterocycles. The number of nitrogens with two attached hydrogens (primary N) is 1. The van der Waals surface area contributed by atoms with E-state index < -0.39 is 78.6 Å². The Morgan fingerprint density at radius 1 is 1.10 bits per heavy atom. The SMILES string of the molecule is CC(C)(COP(=O)(O)OP(=O)(O)OC[C@@H]1O[C@H](n2cnc3c(N)ncnc32)[C@@H](O)[C@H]1OP(=O)(O)O)[C@@H](O)C(=O)NCCC(=O)NCCS. The van der Waals surface area contributed by atoms with Crippen LogP contribution in [-0.2, 0) is 45.9 Å². The maximum absolute atomic E-state index is 12.6. The van der Waals surface area contributed by atoms with Gasteiger partial charge in [0, 0.05) is 30.7 Å². The molecule has 27 heteroatoms. The first-order valence-corrected chi connectivity index (χ1v) is 18.8. The summed E-state index contributed by atoms with van der Waals surface area (Å²) >= 11 is 3.95. The van der Waals surface area contributed by atoms with E-state index in [0.717, 1.165) is 17.2 Å². The summed E-state index contributed by atoms with van der Waals surface area (Å²) in [4.78, 5) is 74.6. The van der Waals surface area contributed by atoms with Gasteiger partial charge in [-0.3, -0.25) is 27.7 Å². The first kappa shape index (κ1) is 40.3. The molecule has 23 nitrogen and oxygen atoms in total. The highest BCUT2D eigenvalue weighted by Crippen LogP contribution is 2.61. The van der Waals surface area contributed by atoms with Crippen LogP contribution in [0.3, 0.4) is 0 Å². The molecule has 1 saturated heterocycles. The number of aliphatic hydroxyl groups excluding tert-OH is 2. The van der Waals surface area contributed by atoms with E-state index in [0.29, 0.717) is 12.3 Å². The van der Waals surface area contributed by atoms with Crippen LogP contribution in [-0.4, -0.2) is 118 Å². The number of hydrogen-bond acceptors (Lipinski definition) is 17. The Kier molecular flexibility index (Phi) is 13.7. The molecule has 3 rings (SSSR count). The maximum Gasteiger partial charge on any atom is 0.481 e. The van der Waals surface area contributed by atoms with Gasteiger partial charge in [0.05, 0.1) is 19.5 Å². The zero-order valence-corrected chi connectivity index (χ0v) is 28.8. The van der Waals surface area contributed by atoms with Crippen molar-refractivity contribution in [1.29, 1.82) is 0 Å². The van der Waals surface area contributed by atoms with E-state index in [1.54, 1.807) is 0 Å². The Morgan fingerprint density at radius 3 is 2.42 bits per heavy atom. The minimum atomic E-state index is -5.54. The fourth-order valence-corrected chi connectivity index (χ4v) is 7.08. The molecule has 2 unspecified atom stereocenters. The maximum atomic E-state index is 12.6. The second-order valence-electron chi connectivity index (χ2n) is 10.8. The van der Waals surface area contributed by atoms with E-state index in [-0.39, 0.29) is 35.9 Å². The molecule has 0 bridgehead atoms. The molecule has 0 saturated carbocycles. The van der Waals surface area contributed by atoms with Gasteiger partial charge in [0.15, 0.2) is 17.7 Å². The monoisotopic (exact) mass is 767 g/mol. The van der Waals surface area contributed by atoms with Crippen LogP contribution in [0.1, 0.15) is 26.5 Å². The molecule has 1 fully saturated rings. The molecule has 0 aliphatic carbocycles. The second-order valence-corrected chi connectivity index (χ2v) is 15.5. The average molecular weight is 768 g/mol. The van der Waals surface area contributed by atoms with Gasteiger partial charge in [0.2, 0.25) is 11.8 Å². The minimum Gasteiger partial charge on any atom is -0.386 e. The van der Waals surface area contributed by atoms with Crippen LogP contribution < -0.4 is 16.4 Å². The van der Waals surface area contributed by atoms with E-state index in [1.165, 1.54) is 13.8 Å². The van der Waals surface area contributed by atoms with Gasteiger partial charge < -0.3 is 50.9 Å². The summed E-state index contributed by atoms with van der Waals surface area (Å²) in [5.74, 6) is -0.943. The lowest BCUT2D eigenvalue weighted by atomic mass is 9.87. The lowest BCUT2D eigenvalue weighted by molar-refractivity contribution is -0.137. The molecule has 0 spiro atoms. The number of aromatic nitrogens is 4. The number of nitrogen functional groups attached to an aromatic ring is 1. The predicted molar refractivity (Wildman–Crippen MR) is 163 cm³/mol. The summed E-state index contributed by atoms with van der Waals surface area (Å²) in [7, 11) is -16.3. The van der Waals surface area contributed by atoms with E-state index in [1.807, 2.05) is 0 Å². The minimum absolute atomic E-state index is 0.0363. The summed E-state index contributed by atoms with van der Waals surface area (Å²) in [5.41, 5.74) is 4.30. The van der Waals surface area contributed by atoms with E-state index in [9.17, 15) is 53.1 Å². The first-order chi connectivity index (χ1) is 22.2. The van der Waals surface area contributed by atoms with Gasteiger partial charge in [-0.2, -0.15) is 16.9 Å². The predicted octanol–water partition coefficient (Wildman–Crippen LogP) is -1.67. The van der Waals surface area contributed by atoms with Crippen molar-refractivity contribution < 1.29 is 75.7 Å². The number of ether oxygens (including phenoxy) is 1. The molecule has 2 aromatic rings. The quantitative estimate of drug-likeness (QED) is 0.0599. The number of aliphatic hydroxyl groups is 2. The largest absolute Gasteiger partial charge is 0.481 e. The summed E-state index contributed by atoms with van der Waals surface area (Å²) in [6.07, 6.45) is -6.74. The molecule has 48 heavy (non-hydrogen) atoms. The molecule has 7 atom stereocenters. The average Bonchev–Trinajstić information content (AvgIpc) is 3.54. The van der Waals surface area contributed by atoms with Crippen LogP contribution in [0.5, 0.6) is 0 Å². The van der Waals surface area contributed by atoms with E-state index in [4.69, 9.17) is 19.5 Å². The number of phosphoric acid groups is 3. The van der Waals surface area contributed by atoms with Crippen LogP contribution >= 0.6 is 36.1 Å². The number of anilines is 1. The van der Waals surface area contributed by atoms with Crippen LogP contribution in [0.15, 0.2) is 12.7 Å². The second kappa shape index (κ2) is 16.3. The number of imidazole rings is 1. The Hall–Kier alpha value is -2.11. The molecule has 10 N–H and O–H groups in total. The number of rotatable bonds is 18. The smallest absolute Gasteiger partial charge is 0.386 e. The van der Waals surface area contributed by atoms with Gasteiger partial charge in [-0.25, -0.2) is 28.6 Å². The normalized spacial score (nSPS) is 23.4. The van der Waals surface area contributed by atoms with Crippen molar-refractivity contribution in [1.82, 2.24) is 30.2 Å². The number of nitrogens with one attached hydrogen (secondary N) is 2. The molecule has 2 aromatic heterocycles. The van der Waals surface area contributed by atoms with Gasteiger partial charge in [0.25, 0.3) is 0 Å². The van der Waals surface area contributed by atoms with Crippen LogP contribution in [0.2, 0.25) is 0 Å². The van der Waals surface area contributed by atoms with Crippen molar-refractivity contribution in [3.8, 4) is 0 Å². The van der Waals surface area contributed by atoms with E-state index in [2.05, 4.69) is 47.0 Å². The third kappa shape index (κ3) is 11.2. The number of carbonyl (C=O) groups is 2. The van der Waals surface area contributed by atoms with Crippen molar-refractivity contribution in [2.75, 3.05) is 37.8 Å². The van der Waals surface area contributed by atoms with Crippen LogP contribution in [0.4, 0.5) is 5.82 Å². The molecular formula is C21H36N7O16P3S. The molecule has 1 aliphatic rings. The fraction of sp³-hybridized carbons (Fsp3) is 0.667. The Balaban J connectivity index is 1.61. The van der Waals surface area contributed by atoms with Crippen LogP contribution in [0.25, 0.3) is 11.2 Å². The lowest BCUT2D eigenvalue weighted by Gasteiger charge is -2.30. The summed E-state index contributed by atoms with van der Waals surface area (Å²) in [6, 6.07) is 0. The molecular weight excluding hydrogens is 731 g/mol. The Morgan fingerprint density at radius 2 is 1.77 bits per heavy atom.